The highest BCUT2D eigenvalue weighted by molar-refractivity contribution is 5.76. The first-order chi connectivity index (χ1) is 15.7. The van der Waals surface area contributed by atoms with Gasteiger partial charge in [0.25, 0.3) is 0 Å². The molecule has 7 heteroatoms. The fourth-order valence-electron chi connectivity index (χ4n) is 4.37. The van der Waals surface area contributed by atoms with Gasteiger partial charge < -0.3 is 24.4 Å². The predicted octanol–water partition coefficient (Wildman–Crippen LogP) is 2.74. The van der Waals surface area contributed by atoms with Crippen molar-refractivity contribution in [1.82, 2.24) is 14.7 Å². The molecule has 2 N–H and O–H groups in total. The number of nitrogens with two attached hydrogens (primary N) is 1. The van der Waals surface area contributed by atoms with Gasteiger partial charge in [-0.15, -0.1) is 0 Å². The lowest BCUT2D eigenvalue weighted by Gasteiger charge is -2.35. The molecule has 0 bridgehead atoms. The van der Waals surface area contributed by atoms with Crippen molar-refractivity contribution in [1.29, 1.82) is 0 Å². The van der Waals surface area contributed by atoms with E-state index in [9.17, 15) is 4.79 Å². The Hall–Kier alpha value is -2.45. The summed E-state index contributed by atoms with van der Waals surface area (Å²) in [7, 11) is 0. The van der Waals surface area contributed by atoms with E-state index in [2.05, 4.69) is 14.7 Å². The molecule has 2 aromatic heterocycles. The molecule has 3 aromatic rings. The van der Waals surface area contributed by atoms with Crippen LogP contribution in [0.4, 0.5) is 0 Å². The van der Waals surface area contributed by atoms with Crippen LogP contribution in [0.2, 0.25) is 0 Å². The number of rotatable bonds is 11. The van der Waals surface area contributed by atoms with Crippen LogP contribution in [0.25, 0.3) is 11.0 Å². The molecule has 1 fully saturated rings. The van der Waals surface area contributed by atoms with Gasteiger partial charge in [0.2, 0.25) is 0 Å². The molecule has 0 saturated carbocycles. The molecule has 1 aliphatic heterocycles. The standard InChI is InChI=1S/C25H34N4O3/c26-9-4-10-27-13-15-28(16-14-27)11-5-12-29(19-22-6-3-17-31-22)18-21-20-32-24-8-2-1-7-23(24)25(21)30/h1-3,6-8,17,20H,4-5,9-16,18-19,26H2. The van der Waals surface area contributed by atoms with E-state index in [1.807, 2.05) is 36.4 Å². The Labute approximate surface area is 189 Å². The largest absolute Gasteiger partial charge is 0.468 e. The van der Waals surface area contributed by atoms with Gasteiger partial charge in [0.05, 0.1) is 24.5 Å². The lowest BCUT2D eigenvalue weighted by molar-refractivity contribution is 0.124. The van der Waals surface area contributed by atoms with Gasteiger partial charge in [0, 0.05) is 44.8 Å². The number of piperazine rings is 1. The first kappa shape index (κ1) is 22.7. The number of nitrogens with zero attached hydrogens (tertiary/aromatic N) is 3. The van der Waals surface area contributed by atoms with Gasteiger partial charge >= 0.3 is 0 Å². The van der Waals surface area contributed by atoms with Crippen molar-refractivity contribution in [3.8, 4) is 0 Å². The van der Waals surface area contributed by atoms with E-state index < -0.39 is 0 Å². The number of hydrogen-bond donors (Lipinski definition) is 1. The zero-order valence-electron chi connectivity index (χ0n) is 18.7. The van der Waals surface area contributed by atoms with Gasteiger partial charge in [-0.2, -0.15) is 0 Å². The van der Waals surface area contributed by atoms with Gasteiger partial charge in [-0.25, -0.2) is 0 Å². The van der Waals surface area contributed by atoms with E-state index in [0.717, 1.165) is 71.0 Å². The van der Waals surface area contributed by atoms with E-state index >= 15 is 0 Å². The minimum absolute atomic E-state index is 0.0462. The molecular weight excluding hydrogens is 404 g/mol. The maximum Gasteiger partial charge on any atom is 0.197 e. The zero-order valence-corrected chi connectivity index (χ0v) is 18.7. The summed E-state index contributed by atoms with van der Waals surface area (Å²) >= 11 is 0. The highest BCUT2D eigenvalue weighted by atomic mass is 16.3. The van der Waals surface area contributed by atoms with Gasteiger partial charge in [-0.1, -0.05) is 12.1 Å². The number of fused-ring (bicyclic) bond motifs is 1. The second kappa shape index (κ2) is 11.4. The van der Waals surface area contributed by atoms with E-state index in [4.69, 9.17) is 14.6 Å². The van der Waals surface area contributed by atoms with Crippen LogP contribution in [0.5, 0.6) is 0 Å². The Morgan fingerprint density at radius 1 is 0.906 bits per heavy atom. The van der Waals surface area contributed by atoms with Crippen LogP contribution in [-0.4, -0.2) is 67.1 Å². The van der Waals surface area contributed by atoms with Crippen molar-refractivity contribution in [2.24, 2.45) is 5.73 Å². The minimum Gasteiger partial charge on any atom is -0.468 e. The highest BCUT2D eigenvalue weighted by Gasteiger charge is 2.17. The van der Waals surface area contributed by atoms with Crippen LogP contribution in [-0.2, 0) is 13.1 Å². The summed E-state index contributed by atoms with van der Waals surface area (Å²) in [5.74, 6) is 0.906. The quantitative estimate of drug-likeness (QED) is 0.493. The maximum absolute atomic E-state index is 13.0. The van der Waals surface area contributed by atoms with Crippen LogP contribution >= 0.6 is 0 Å². The first-order valence-corrected chi connectivity index (χ1v) is 11.6. The van der Waals surface area contributed by atoms with Gasteiger partial charge in [0.15, 0.2) is 5.43 Å². The second-order valence-electron chi connectivity index (χ2n) is 8.56. The fraction of sp³-hybridized carbons (Fsp3) is 0.480. The van der Waals surface area contributed by atoms with E-state index in [-0.39, 0.29) is 5.43 Å². The highest BCUT2D eigenvalue weighted by Crippen LogP contribution is 2.14. The summed E-state index contributed by atoms with van der Waals surface area (Å²) in [4.78, 5) is 20.3. The van der Waals surface area contributed by atoms with E-state index in [1.165, 1.54) is 0 Å². The van der Waals surface area contributed by atoms with Crippen LogP contribution in [0.3, 0.4) is 0 Å². The minimum atomic E-state index is 0.0462. The van der Waals surface area contributed by atoms with Crippen LogP contribution in [0, 0.1) is 0 Å². The molecule has 3 heterocycles. The molecule has 0 atom stereocenters. The molecule has 0 aliphatic carbocycles. The summed E-state index contributed by atoms with van der Waals surface area (Å²) < 4.78 is 11.3. The van der Waals surface area contributed by atoms with E-state index in [0.29, 0.717) is 29.6 Å². The summed E-state index contributed by atoms with van der Waals surface area (Å²) in [5.41, 5.74) is 6.99. The number of para-hydroxylation sites is 1. The third kappa shape index (κ3) is 6.07. The predicted molar refractivity (Wildman–Crippen MR) is 126 cm³/mol. The van der Waals surface area contributed by atoms with Crippen molar-refractivity contribution < 1.29 is 8.83 Å². The normalized spacial score (nSPS) is 15.7. The zero-order chi connectivity index (χ0) is 22.2. The van der Waals surface area contributed by atoms with Crippen LogP contribution in [0.15, 0.2) is 62.6 Å². The SMILES string of the molecule is NCCCN1CCN(CCCN(Cc2ccco2)Cc2coc3ccccc3c2=O)CC1. The first-order valence-electron chi connectivity index (χ1n) is 11.6. The third-order valence-electron chi connectivity index (χ3n) is 6.20. The van der Waals surface area contributed by atoms with Gasteiger partial charge in [0.1, 0.15) is 11.3 Å². The molecule has 7 nitrogen and oxygen atoms in total. The van der Waals surface area contributed by atoms with E-state index in [1.54, 1.807) is 12.5 Å². The van der Waals surface area contributed by atoms with Crippen LogP contribution in [0.1, 0.15) is 24.2 Å². The van der Waals surface area contributed by atoms with Gasteiger partial charge in [-0.05, 0) is 56.7 Å². The summed E-state index contributed by atoms with van der Waals surface area (Å²) in [6, 6.07) is 11.3. The summed E-state index contributed by atoms with van der Waals surface area (Å²) in [5, 5.41) is 0.635. The van der Waals surface area contributed by atoms with Crippen molar-refractivity contribution in [3.63, 3.8) is 0 Å². The number of furan rings is 1. The molecule has 1 saturated heterocycles. The molecule has 0 amide bonds. The topological polar surface area (TPSA) is 79.1 Å². The summed E-state index contributed by atoms with van der Waals surface area (Å²) in [6.45, 7) is 9.49. The smallest absolute Gasteiger partial charge is 0.197 e. The molecule has 0 unspecified atom stereocenters. The monoisotopic (exact) mass is 438 g/mol. The third-order valence-corrected chi connectivity index (χ3v) is 6.20. The van der Waals surface area contributed by atoms with Crippen molar-refractivity contribution >= 4 is 11.0 Å². The molecule has 4 rings (SSSR count). The Kier molecular flexibility index (Phi) is 8.12. The summed E-state index contributed by atoms with van der Waals surface area (Å²) in [6.07, 6.45) is 5.43. The molecule has 1 aliphatic rings. The van der Waals surface area contributed by atoms with Crippen molar-refractivity contribution in [2.75, 3.05) is 52.4 Å². The van der Waals surface area contributed by atoms with Crippen molar-refractivity contribution in [3.05, 3.63) is 70.5 Å². The number of benzene rings is 1. The Morgan fingerprint density at radius 2 is 1.66 bits per heavy atom. The lowest BCUT2D eigenvalue weighted by Crippen LogP contribution is -2.47. The molecule has 172 valence electrons. The Balaban J connectivity index is 1.34. The Bertz CT molecular complexity index is 1010. The van der Waals surface area contributed by atoms with Crippen LogP contribution < -0.4 is 11.2 Å². The lowest BCUT2D eigenvalue weighted by atomic mass is 10.1. The van der Waals surface area contributed by atoms with Crippen molar-refractivity contribution in [2.45, 2.75) is 25.9 Å². The second-order valence-corrected chi connectivity index (χ2v) is 8.56. The molecule has 32 heavy (non-hydrogen) atoms. The number of hydrogen-bond acceptors (Lipinski definition) is 7. The Morgan fingerprint density at radius 3 is 2.38 bits per heavy atom. The average molecular weight is 439 g/mol. The molecular formula is C25H34N4O3. The maximum atomic E-state index is 13.0. The van der Waals surface area contributed by atoms with Gasteiger partial charge in [-0.3, -0.25) is 9.69 Å². The molecule has 0 spiro atoms. The molecule has 0 radical (unpaired) electrons. The fourth-order valence-corrected chi connectivity index (χ4v) is 4.37. The molecule has 1 aromatic carbocycles. The average Bonchev–Trinajstić information content (AvgIpc) is 3.33.